The van der Waals surface area contributed by atoms with Crippen molar-refractivity contribution in [2.24, 2.45) is 0 Å². The highest BCUT2D eigenvalue weighted by Crippen LogP contribution is 2.23. The first kappa shape index (κ1) is 24.2. The molecule has 0 bridgehead atoms. The van der Waals surface area contributed by atoms with Gasteiger partial charge in [0, 0.05) is 6.26 Å². The Morgan fingerprint density at radius 3 is 2.48 bits per heavy atom. The molecule has 1 amide bonds. The molecule has 0 saturated carbocycles. The van der Waals surface area contributed by atoms with E-state index >= 15 is 0 Å². The Morgan fingerprint density at radius 1 is 1.15 bits per heavy atom. The van der Waals surface area contributed by atoms with E-state index in [9.17, 15) is 18.5 Å². The van der Waals surface area contributed by atoms with Crippen molar-refractivity contribution >= 4 is 49.9 Å². The number of halogens is 1. The summed E-state index contributed by atoms with van der Waals surface area (Å²) in [4.78, 5) is 12.3. The Kier molecular flexibility index (Phi) is 8.00. The van der Waals surface area contributed by atoms with Gasteiger partial charge in [-0.25, -0.2) is 8.42 Å². The number of carbonyl (C=O) groups is 1. The summed E-state index contributed by atoms with van der Waals surface area (Å²) in [7, 11) is -3.53. The SMILES string of the molecule is CS(=O)(=O)c1nnc(NC(=O)/C(C#N)=C\c2ccc(OCCOc3ccccc3Cl)cc2)s1. The van der Waals surface area contributed by atoms with E-state index in [4.69, 9.17) is 21.1 Å². The quantitative estimate of drug-likeness (QED) is 0.202. The van der Waals surface area contributed by atoms with Crippen molar-refractivity contribution in [2.45, 2.75) is 4.34 Å². The predicted molar refractivity (Wildman–Crippen MR) is 124 cm³/mol. The van der Waals surface area contributed by atoms with E-state index in [-0.39, 0.29) is 15.0 Å². The van der Waals surface area contributed by atoms with Crippen molar-refractivity contribution in [3.63, 3.8) is 0 Å². The number of nitrogens with one attached hydrogen (secondary N) is 1. The van der Waals surface area contributed by atoms with Gasteiger partial charge in [-0.2, -0.15) is 5.26 Å². The number of para-hydroxylation sites is 1. The number of sulfone groups is 1. The fourth-order valence-corrected chi connectivity index (χ4v) is 4.12. The van der Waals surface area contributed by atoms with Gasteiger partial charge in [-0.15, -0.1) is 10.2 Å². The molecule has 0 spiro atoms. The second-order valence-electron chi connectivity index (χ2n) is 6.47. The molecule has 1 aromatic heterocycles. The molecule has 0 aliphatic heterocycles. The number of anilines is 1. The summed E-state index contributed by atoms with van der Waals surface area (Å²) in [6, 6.07) is 15.7. The maximum absolute atomic E-state index is 12.3. The van der Waals surface area contributed by atoms with Gasteiger partial charge >= 0.3 is 0 Å². The highest BCUT2D eigenvalue weighted by molar-refractivity contribution is 7.92. The molecule has 0 atom stereocenters. The van der Waals surface area contributed by atoms with Crippen LogP contribution in [0.5, 0.6) is 11.5 Å². The highest BCUT2D eigenvalue weighted by atomic mass is 35.5. The van der Waals surface area contributed by atoms with Gasteiger partial charge in [0.25, 0.3) is 5.91 Å². The molecule has 0 aliphatic carbocycles. The third-order valence-corrected chi connectivity index (χ3v) is 6.77. The minimum atomic E-state index is -3.53. The van der Waals surface area contributed by atoms with Crippen LogP contribution >= 0.6 is 22.9 Å². The molecular weight excluding hydrogens is 488 g/mol. The Morgan fingerprint density at radius 2 is 1.85 bits per heavy atom. The molecule has 2 aromatic carbocycles. The molecule has 170 valence electrons. The van der Waals surface area contributed by atoms with E-state index in [2.05, 4.69) is 15.5 Å². The van der Waals surface area contributed by atoms with Crippen molar-refractivity contribution in [3.05, 3.63) is 64.7 Å². The first-order valence-corrected chi connectivity index (χ1v) is 12.4. The van der Waals surface area contributed by atoms with Crippen LogP contribution in [0.25, 0.3) is 6.08 Å². The molecule has 0 unspecified atom stereocenters. The lowest BCUT2D eigenvalue weighted by atomic mass is 10.1. The van der Waals surface area contributed by atoms with Crippen molar-refractivity contribution in [2.75, 3.05) is 24.8 Å². The average Bonchev–Trinajstić information content (AvgIpc) is 3.26. The van der Waals surface area contributed by atoms with Gasteiger partial charge in [0.2, 0.25) is 19.3 Å². The molecule has 0 fully saturated rings. The van der Waals surface area contributed by atoms with Crippen LogP contribution in [0.15, 0.2) is 58.4 Å². The largest absolute Gasteiger partial charge is 0.490 e. The van der Waals surface area contributed by atoms with Crippen LogP contribution in [-0.2, 0) is 14.6 Å². The van der Waals surface area contributed by atoms with E-state index in [1.165, 1.54) is 6.08 Å². The van der Waals surface area contributed by atoms with Gasteiger partial charge in [-0.3, -0.25) is 10.1 Å². The standard InChI is InChI=1S/C21H17ClN4O5S2/c1-33(28,29)21-26-25-20(32-21)24-19(27)15(13-23)12-14-6-8-16(9-7-14)30-10-11-31-18-5-3-2-4-17(18)22/h2-9,12H,10-11H2,1H3,(H,24,25,27)/b15-12-. The first-order chi connectivity index (χ1) is 15.8. The third kappa shape index (κ3) is 7.01. The summed E-state index contributed by atoms with van der Waals surface area (Å²) in [6.45, 7) is 0.598. The summed E-state index contributed by atoms with van der Waals surface area (Å²) >= 11 is 6.72. The number of rotatable bonds is 9. The molecule has 3 aromatic rings. The van der Waals surface area contributed by atoms with Crippen LogP contribution < -0.4 is 14.8 Å². The maximum atomic E-state index is 12.3. The minimum absolute atomic E-state index is 0.0238. The van der Waals surface area contributed by atoms with Gasteiger partial charge in [-0.05, 0) is 35.9 Å². The maximum Gasteiger partial charge on any atom is 0.268 e. The highest BCUT2D eigenvalue weighted by Gasteiger charge is 2.17. The molecule has 33 heavy (non-hydrogen) atoms. The first-order valence-electron chi connectivity index (χ1n) is 9.33. The van der Waals surface area contributed by atoms with E-state index < -0.39 is 15.7 Å². The lowest BCUT2D eigenvalue weighted by Gasteiger charge is -2.09. The molecule has 1 heterocycles. The Balaban J connectivity index is 1.55. The van der Waals surface area contributed by atoms with E-state index in [0.717, 1.165) is 6.26 Å². The third-order valence-electron chi connectivity index (χ3n) is 3.95. The van der Waals surface area contributed by atoms with E-state index in [1.54, 1.807) is 36.4 Å². The number of ether oxygens (including phenoxy) is 2. The van der Waals surface area contributed by atoms with Crippen molar-refractivity contribution in [3.8, 4) is 17.6 Å². The number of carbonyl (C=O) groups excluding carboxylic acids is 1. The number of nitrogens with zero attached hydrogens (tertiary/aromatic N) is 3. The van der Waals surface area contributed by atoms with E-state index in [1.807, 2.05) is 18.2 Å². The van der Waals surface area contributed by atoms with E-state index in [0.29, 0.717) is 46.6 Å². The van der Waals surface area contributed by atoms with Crippen molar-refractivity contribution in [1.29, 1.82) is 5.26 Å². The lowest BCUT2D eigenvalue weighted by molar-refractivity contribution is -0.112. The lowest BCUT2D eigenvalue weighted by Crippen LogP contribution is -2.13. The van der Waals surface area contributed by atoms with Crippen LogP contribution in [0.2, 0.25) is 5.02 Å². The molecule has 12 heteroatoms. The van der Waals surface area contributed by atoms with Crippen LogP contribution in [0, 0.1) is 11.3 Å². The second-order valence-corrected chi connectivity index (χ2v) is 10.0. The molecule has 3 rings (SSSR count). The number of hydrogen-bond acceptors (Lipinski definition) is 9. The molecular formula is C21H17ClN4O5S2. The average molecular weight is 505 g/mol. The number of nitriles is 1. The van der Waals surface area contributed by atoms with Crippen molar-refractivity contribution < 1.29 is 22.7 Å². The van der Waals surface area contributed by atoms with Gasteiger partial charge in [0.15, 0.2) is 0 Å². The van der Waals surface area contributed by atoms with Gasteiger partial charge in [0.1, 0.15) is 36.4 Å². The normalized spacial score (nSPS) is 11.5. The number of amides is 1. The smallest absolute Gasteiger partial charge is 0.268 e. The Bertz CT molecular complexity index is 1310. The summed E-state index contributed by atoms with van der Waals surface area (Å²) in [5, 5.41) is 19.3. The molecule has 9 nitrogen and oxygen atoms in total. The molecule has 0 aliphatic rings. The summed E-state index contributed by atoms with van der Waals surface area (Å²) in [5.74, 6) is 0.428. The Labute approximate surface area is 199 Å². The fraction of sp³-hybridized carbons (Fsp3) is 0.143. The molecule has 0 saturated heterocycles. The van der Waals surface area contributed by atoms with Crippen LogP contribution in [0.4, 0.5) is 5.13 Å². The van der Waals surface area contributed by atoms with Crippen LogP contribution in [-0.4, -0.2) is 44.0 Å². The van der Waals surface area contributed by atoms with Gasteiger partial charge in [-0.1, -0.05) is 47.2 Å². The second kappa shape index (κ2) is 10.9. The zero-order valence-electron chi connectivity index (χ0n) is 17.2. The van der Waals surface area contributed by atoms with Crippen LogP contribution in [0.3, 0.4) is 0 Å². The zero-order chi connectivity index (χ0) is 23.8. The number of benzene rings is 2. The van der Waals surface area contributed by atoms with Crippen molar-refractivity contribution in [1.82, 2.24) is 10.2 Å². The molecule has 1 N–H and O–H groups in total. The zero-order valence-corrected chi connectivity index (χ0v) is 19.6. The van der Waals surface area contributed by atoms with Gasteiger partial charge < -0.3 is 9.47 Å². The minimum Gasteiger partial charge on any atom is -0.490 e. The monoisotopic (exact) mass is 504 g/mol. The summed E-state index contributed by atoms with van der Waals surface area (Å²) in [5.41, 5.74) is 0.406. The summed E-state index contributed by atoms with van der Waals surface area (Å²) in [6.07, 6.45) is 2.37. The molecule has 0 radical (unpaired) electrons. The van der Waals surface area contributed by atoms with Crippen LogP contribution in [0.1, 0.15) is 5.56 Å². The number of hydrogen-bond donors (Lipinski definition) is 1. The number of aromatic nitrogens is 2. The summed E-state index contributed by atoms with van der Waals surface area (Å²) < 4.78 is 33.9. The Hall–Kier alpha value is -3.46. The fourth-order valence-electron chi connectivity index (χ4n) is 2.42. The topological polar surface area (TPSA) is 131 Å². The predicted octanol–water partition coefficient (Wildman–Crippen LogP) is 3.60. The van der Waals surface area contributed by atoms with Gasteiger partial charge in [0.05, 0.1) is 5.02 Å².